The minimum Gasteiger partial charge on any atom is -0.489 e. The molecule has 0 aromatic carbocycles. The van der Waals surface area contributed by atoms with Crippen molar-refractivity contribution in [3.05, 3.63) is 34.8 Å². The number of hydrogen-bond acceptors (Lipinski definition) is 4. The third kappa shape index (κ3) is 4.83. The van der Waals surface area contributed by atoms with Gasteiger partial charge in [-0.05, 0) is 65.9 Å². The van der Waals surface area contributed by atoms with Crippen molar-refractivity contribution < 1.29 is 14.3 Å². The monoisotopic (exact) mass is 362 g/mol. The maximum atomic E-state index is 12.3. The highest BCUT2D eigenvalue weighted by molar-refractivity contribution is 5.68. The van der Waals surface area contributed by atoms with Crippen LogP contribution in [0.1, 0.15) is 60.8 Å². The van der Waals surface area contributed by atoms with Crippen LogP contribution in [0.2, 0.25) is 0 Å². The molecule has 5 nitrogen and oxygen atoms in total. The first-order valence-electron chi connectivity index (χ1n) is 9.59. The molecule has 0 radical (unpaired) electrons. The molecule has 2 fully saturated rings. The second-order valence-corrected chi connectivity index (χ2v) is 8.27. The van der Waals surface area contributed by atoms with E-state index in [4.69, 9.17) is 15.2 Å². The molecule has 26 heavy (non-hydrogen) atoms. The lowest BCUT2D eigenvalue weighted by molar-refractivity contribution is 0.0195. The van der Waals surface area contributed by atoms with Crippen molar-refractivity contribution in [1.29, 1.82) is 0 Å². The summed E-state index contributed by atoms with van der Waals surface area (Å²) in [4.78, 5) is 14.1. The highest BCUT2D eigenvalue weighted by Gasteiger charge is 2.33. The van der Waals surface area contributed by atoms with Gasteiger partial charge < -0.3 is 20.1 Å². The molecule has 0 saturated carbocycles. The molecule has 5 heteroatoms. The van der Waals surface area contributed by atoms with E-state index in [0.29, 0.717) is 19.0 Å². The predicted molar refractivity (Wildman–Crippen MR) is 104 cm³/mol. The number of carbonyl (C=O) groups is 1. The van der Waals surface area contributed by atoms with Gasteiger partial charge in [-0.2, -0.15) is 0 Å². The van der Waals surface area contributed by atoms with Crippen LogP contribution in [-0.4, -0.2) is 35.8 Å². The highest BCUT2D eigenvalue weighted by atomic mass is 16.6. The summed E-state index contributed by atoms with van der Waals surface area (Å²) in [5.74, 6) is 1.21. The fourth-order valence-corrected chi connectivity index (χ4v) is 3.74. The van der Waals surface area contributed by atoms with Crippen molar-refractivity contribution in [1.82, 2.24) is 4.90 Å². The Labute approximate surface area is 157 Å². The van der Waals surface area contributed by atoms with Gasteiger partial charge in [0.05, 0.1) is 0 Å². The Morgan fingerprint density at radius 1 is 1.31 bits per heavy atom. The Morgan fingerprint density at radius 3 is 2.42 bits per heavy atom. The summed E-state index contributed by atoms with van der Waals surface area (Å²) in [7, 11) is 0. The molecular formula is C21H34N2O3. The minimum atomic E-state index is -0.458. The molecule has 1 atom stereocenters. The number of likely N-dealkylation sites (tertiary alicyclic amines) is 1. The normalized spacial score (nSPS) is 26.1. The molecular weight excluding hydrogens is 328 g/mol. The topological polar surface area (TPSA) is 64.8 Å². The second kappa shape index (κ2) is 8.19. The van der Waals surface area contributed by atoms with Gasteiger partial charge in [0, 0.05) is 31.3 Å². The number of nitrogens with two attached hydrogens (primary N) is 1. The van der Waals surface area contributed by atoms with Gasteiger partial charge >= 0.3 is 6.09 Å². The van der Waals surface area contributed by atoms with E-state index in [1.165, 1.54) is 16.7 Å². The third-order valence-electron chi connectivity index (χ3n) is 5.01. The number of allylic oxidation sites excluding steroid dienone is 4. The standard InChI is InChI=1S/C21H34N2O3/c1-7-14(2)19(17-12-15(3)25-18(17)13-22)16-8-10-23(11-9-16)20(24)26-21(4,5)6/h7,13,15-16H,8-12,22H2,1-6H3/b14-7-,18-13-,19-17+/t15-/m1/s1. The van der Waals surface area contributed by atoms with E-state index >= 15 is 0 Å². The van der Waals surface area contributed by atoms with E-state index in [1.54, 1.807) is 6.20 Å². The number of carbonyl (C=O) groups excluding carboxylic acids is 1. The average molecular weight is 363 g/mol. The average Bonchev–Trinajstić information content (AvgIpc) is 2.94. The Balaban J connectivity index is 2.17. The molecule has 146 valence electrons. The molecule has 2 aliphatic rings. The van der Waals surface area contributed by atoms with Gasteiger partial charge in [0.2, 0.25) is 0 Å². The van der Waals surface area contributed by atoms with Crippen LogP contribution in [0.5, 0.6) is 0 Å². The fraction of sp³-hybridized carbons (Fsp3) is 0.667. The second-order valence-electron chi connectivity index (χ2n) is 8.27. The summed E-state index contributed by atoms with van der Waals surface area (Å²) >= 11 is 0. The lowest BCUT2D eigenvalue weighted by Crippen LogP contribution is -2.42. The summed E-state index contributed by atoms with van der Waals surface area (Å²) in [5, 5.41) is 0. The van der Waals surface area contributed by atoms with E-state index < -0.39 is 5.60 Å². The van der Waals surface area contributed by atoms with Crippen LogP contribution in [0.25, 0.3) is 0 Å². The van der Waals surface area contributed by atoms with Crippen LogP contribution >= 0.6 is 0 Å². The van der Waals surface area contributed by atoms with Crippen molar-refractivity contribution in [3.63, 3.8) is 0 Å². The fourth-order valence-electron chi connectivity index (χ4n) is 3.74. The maximum absolute atomic E-state index is 12.3. The van der Waals surface area contributed by atoms with Crippen molar-refractivity contribution in [3.8, 4) is 0 Å². The maximum Gasteiger partial charge on any atom is 0.410 e. The molecule has 2 aliphatic heterocycles. The van der Waals surface area contributed by atoms with Gasteiger partial charge in [-0.15, -0.1) is 0 Å². The quantitative estimate of drug-likeness (QED) is 0.785. The highest BCUT2D eigenvalue weighted by Crippen LogP contribution is 2.40. The number of nitrogens with zero attached hydrogens (tertiary/aromatic N) is 1. The minimum absolute atomic E-state index is 0.154. The number of hydrogen-bond donors (Lipinski definition) is 1. The van der Waals surface area contributed by atoms with E-state index in [-0.39, 0.29) is 12.2 Å². The Hall–Kier alpha value is -1.91. The zero-order valence-corrected chi connectivity index (χ0v) is 17.1. The smallest absolute Gasteiger partial charge is 0.410 e. The van der Waals surface area contributed by atoms with Crippen molar-refractivity contribution in [2.75, 3.05) is 13.1 Å². The van der Waals surface area contributed by atoms with E-state index in [0.717, 1.165) is 25.0 Å². The molecule has 2 heterocycles. The molecule has 0 aromatic heterocycles. The van der Waals surface area contributed by atoms with Gasteiger partial charge in [0.25, 0.3) is 0 Å². The van der Waals surface area contributed by atoms with Crippen LogP contribution in [-0.2, 0) is 9.47 Å². The summed E-state index contributed by atoms with van der Waals surface area (Å²) in [6.45, 7) is 13.4. The largest absolute Gasteiger partial charge is 0.489 e. The zero-order chi connectivity index (χ0) is 19.5. The summed E-state index contributed by atoms with van der Waals surface area (Å²) in [5.41, 5.74) is 9.19. The van der Waals surface area contributed by atoms with E-state index in [9.17, 15) is 4.79 Å². The number of rotatable bonds is 2. The molecule has 0 aromatic rings. The van der Waals surface area contributed by atoms with Gasteiger partial charge in [-0.1, -0.05) is 11.6 Å². The van der Waals surface area contributed by atoms with Gasteiger partial charge in [-0.25, -0.2) is 4.79 Å². The number of piperidine rings is 1. The SMILES string of the molecule is C\C=C(C)/C(=C1/C[C@@H](C)O/C1=C\N)C1CCN(C(=O)OC(C)(C)C)CC1. The molecule has 0 unspecified atom stereocenters. The van der Waals surface area contributed by atoms with Gasteiger partial charge in [0.15, 0.2) is 0 Å². The third-order valence-corrected chi connectivity index (χ3v) is 5.01. The van der Waals surface area contributed by atoms with Crippen LogP contribution < -0.4 is 5.73 Å². The van der Waals surface area contributed by atoms with Crippen LogP contribution in [0, 0.1) is 5.92 Å². The van der Waals surface area contributed by atoms with Crippen LogP contribution in [0.15, 0.2) is 34.8 Å². The van der Waals surface area contributed by atoms with Gasteiger partial charge in [0.1, 0.15) is 17.5 Å². The van der Waals surface area contributed by atoms with E-state index in [1.807, 2.05) is 25.7 Å². The Morgan fingerprint density at radius 2 is 1.92 bits per heavy atom. The first-order valence-corrected chi connectivity index (χ1v) is 9.59. The first kappa shape index (κ1) is 20.4. The van der Waals surface area contributed by atoms with E-state index in [2.05, 4.69) is 26.8 Å². The molecule has 2 saturated heterocycles. The first-order chi connectivity index (χ1) is 12.2. The van der Waals surface area contributed by atoms with Gasteiger partial charge in [-0.3, -0.25) is 0 Å². The number of amides is 1. The summed E-state index contributed by atoms with van der Waals surface area (Å²) < 4.78 is 11.4. The van der Waals surface area contributed by atoms with Crippen LogP contribution in [0.4, 0.5) is 4.79 Å². The lowest BCUT2D eigenvalue weighted by atomic mass is 9.81. The lowest BCUT2D eigenvalue weighted by Gasteiger charge is -2.35. The van der Waals surface area contributed by atoms with Crippen molar-refractivity contribution in [2.45, 2.75) is 72.5 Å². The Bertz CT molecular complexity index is 618. The predicted octanol–water partition coefficient (Wildman–Crippen LogP) is 4.51. The molecule has 0 bridgehead atoms. The number of ether oxygens (including phenoxy) is 2. The summed E-state index contributed by atoms with van der Waals surface area (Å²) in [6.07, 6.45) is 6.41. The molecule has 2 N–H and O–H groups in total. The molecule has 1 amide bonds. The van der Waals surface area contributed by atoms with Crippen LogP contribution in [0.3, 0.4) is 0 Å². The zero-order valence-electron chi connectivity index (χ0n) is 17.1. The molecule has 0 aliphatic carbocycles. The molecule has 0 spiro atoms. The van der Waals surface area contributed by atoms with Crippen molar-refractivity contribution in [2.24, 2.45) is 11.7 Å². The Kier molecular flexibility index (Phi) is 6.43. The molecule has 2 rings (SSSR count). The van der Waals surface area contributed by atoms with Crippen molar-refractivity contribution >= 4 is 6.09 Å². The summed E-state index contributed by atoms with van der Waals surface area (Å²) in [6, 6.07) is 0.